The maximum atomic E-state index is 11.0. The third-order valence-electron chi connectivity index (χ3n) is 2.16. The van der Waals surface area contributed by atoms with E-state index in [0.717, 1.165) is 12.8 Å². The van der Waals surface area contributed by atoms with Crippen LogP contribution in [0.2, 0.25) is 0 Å². The highest BCUT2D eigenvalue weighted by Crippen LogP contribution is 2.20. The van der Waals surface area contributed by atoms with E-state index in [4.69, 9.17) is 5.11 Å². The molecule has 0 atom stereocenters. The Morgan fingerprint density at radius 2 is 1.93 bits per heavy atom. The summed E-state index contributed by atoms with van der Waals surface area (Å²) in [4.78, 5) is 0. The van der Waals surface area contributed by atoms with Gasteiger partial charge in [-0.15, -0.1) is 0 Å². The quantitative estimate of drug-likeness (QED) is 0.625. The first kappa shape index (κ1) is 13.9. The van der Waals surface area contributed by atoms with Gasteiger partial charge in [-0.1, -0.05) is 13.8 Å². The largest absolute Gasteiger partial charge is 0.396 e. The topological polar surface area (TPSA) is 66.4 Å². The first-order valence-electron chi connectivity index (χ1n) is 4.91. The second-order valence-electron chi connectivity index (χ2n) is 4.22. The predicted octanol–water partition coefficient (Wildman–Crippen LogP) is 0.724. The Balaban J connectivity index is 3.68. The van der Waals surface area contributed by atoms with Crippen LogP contribution in [0.5, 0.6) is 0 Å². The molecule has 0 aliphatic carbocycles. The summed E-state index contributed by atoms with van der Waals surface area (Å²) in [6, 6.07) is 0. The van der Waals surface area contributed by atoms with Gasteiger partial charge in [-0.05, 0) is 25.2 Å². The summed E-state index contributed by atoms with van der Waals surface area (Å²) < 4.78 is 24.6. The van der Waals surface area contributed by atoms with Crippen LogP contribution >= 0.6 is 0 Å². The summed E-state index contributed by atoms with van der Waals surface area (Å²) in [7, 11) is -3.06. The van der Waals surface area contributed by atoms with E-state index in [2.05, 4.69) is 4.72 Å². The molecule has 0 aliphatic heterocycles. The minimum Gasteiger partial charge on any atom is -0.396 e. The van der Waals surface area contributed by atoms with Crippen molar-refractivity contribution in [2.75, 3.05) is 18.9 Å². The van der Waals surface area contributed by atoms with E-state index >= 15 is 0 Å². The summed E-state index contributed by atoms with van der Waals surface area (Å²) >= 11 is 0. The van der Waals surface area contributed by atoms with E-state index in [0.29, 0.717) is 6.54 Å². The SMILES string of the molecule is CCS(=O)(=O)NCCCC(C)(C)CO. The van der Waals surface area contributed by atoms with Crippen LogP contribution in [0.1, 0.15) is 33.6 Å². The fraction of sp³-hybridized carbons (Fsp3) is 1.00. The number of aliphatic hydroxyl groups is 1. The molecule has 0 bridgehead atoms. The maximum absolute atomic E-state index is 11.0. The fourth-order valence-corrected chi connectivity index (χ4v) is 1.64. The minimum atomic E-state index is -3.06. The average Bonchev–Trinajstić information content (AvgIpc) is 2.13. The van der Waals surface area contributed by atoms with Gasteiger partial charge in [0.05, 0.1) is 5.75 Å². The Hall–Kier alpha value is -0.130. The van der Waals surface area contributed by atoms with E-state index in [1.165, 1.54) is 0 Å². The van der Waals surface area contributed by atoms with Crippen molar-refractivity contribution in [3.05, 3.63) is 0 Å². The van der Waals surface area contributed by atoms with Crippen molar-refractivity contribution in [3.63, 3.8) is 0 Å². The van der Waals surface area contributed by atoms with Crippen molar-refractivity contribution in [3.8, 4) is 0 Å². The molecule has 0 rings (SSSR count). The Bertz CT molecular complexity index is 247. The lowest BCUT2D eigenvalue weighted by atomic mass is 9.89. The Kier molecular flexibility index (Phi) is 5.63. The lowest BCUT2D eigenvalue weighted by molar-refractivity contribution is 0.148. The van der Waals surface area contributed by atoms with Gasteiger partial charge in [0.1, 0.15) is 0 Å². The number of sulfonamides is 1. The molecule has 0 aromatic carbocycles. The molecule has 0 aliphatic rings. The molecule has 86 valence electrons. The Labute approximate surface area is 86.8 Å². The van der Waals surface area contributed by atoms with Crippen molar-refractivity contribution in [2.45, 2.75) is 33.6 Å². The molecule has 0 heterocycles. The Morgan fingerprint density at radius 1 is 1.36 bits per heavy atom. The van der Waals surface area contributed by atoms with Crippen LogP contribution in [0.15, 0.2) is 0 Å². The third-order valence-corrected chi connectivity index (χ3v) is 3.56. The fourth-order valence-electron chi connectivity index (χ4n) is 0.976. The van der Waals surface area contributed by atoms with E-state index in [-0.39, 0.29) is 17.8 Å². The van der Waals surface area contributed by atoms with E-state index in [9.17, 15) is 8.42 Å². The van der Waals surface area contributed by atoms with Gasteiger partial charge < -0.3 is 5.11 Å². The normalized spacial score (nSPS) is 13.1. The maximum Gasteiger partial charge on any atom is 0.211 e. The second-order valence-corrected chi connectivity index (χ2v) is 6.32. The Morgan fingerprint density at radius 3 is 2.36 bits per heavy atom. The number of hydrogen-bond acceptors (Lipinski definition) is 3. The van der Waals surface area contributed by atoms with Crippen molar-refractivity contribution >= 4 is 10.0 Å². The predicted molar refractivity (Wildman–Crippen MR) is 57.6 cm³/mol. The molecule has 0 unspecified atom stereocenters. The summed E-state index contributed by atoms with van der Waals surface area (Å²) in [6.45, 7) is 6.12. The van der Waals surface area contributed by atoms with Gasteiger partial charge in [0.15, 0.2) is 0 Å². The van der Waals surface area contributed by atoms with Crippen LogP contribution in [0.3, 0.4) is 0 Å². The highest BCUT2D eigenvalue weighted by molar-refractivity contribution is 7.89. The zero-order chi connectivity index (χ0) is 11.2. The number of hydrogen-bond donors (Lipinski definition) is 2. The number of aliphatic hydroxyl groups excluding tert-OH is 1. The smallest absolute Gasteiger partial charge is 0.211 e. The zero-order valence-electron chi connectivity index (χ0n) is 9.21. The third kappa shape index (κ3) is 6.34. The molecule has 0 saturated heterocycles. The molecule has 0 spiro atoms. The average molecular weight is 223 g/mol. The van der Waals surface area contributed by atoms with Crippen molar-refractivity contribution in [1.82, 2.24) is 4.72 Å². The van der Waals surface area contributed by atoms with Crippen LogP contribution in [-0.4, -0.2) is 32.4 Å². The molecule has 0 saturated carbocycles. The molecule has 2 N–H and O–H groups in total. The lowest BCUT2D eigenvalue weighted by Gasteiger charge is -2.21. The van der Waals surface area contributed by atoms with Gasteiger partial charge >= 0.3 is 0 Å². The van der Waals surface area contributed by atoms with Crippen LogP contribution in [-0.2, 0) is 10.0 Å². The first-order chi connectivity index (χ1) is 6.33. The molecule has 0 amide bonds. The first-order valence-corrected chi connectivity index (χ1v) is 6.56. The van der Waals surface area contributed by atoms with Crippen LogP contribution in [0, 0.1) is 5.41 Å². The van der Waals surface area contributed by atoms with E-state index < -0.39 is 10.0 Å². The monoisotopic (exact) mass is 223 g/mol. The van der Waals surface area contributed by atoms with Crippen LogP contribution in [0.25, 0.3) is 0 Å². The number of nitrogens with one attached hydrogen (secondary N) is 1. The summed E-state index contributed by atoms with van der Waals surface area (Å²) in [5.74, 6) is 0.121. The minimum absolute atomic E-state index is 0.113. The molecule has 5 heteroatoms. The van der Waals surface area contributed by atoms with Crippen molar-refractivity contribution < 1.29 is 13.5 Å². The van der Waals surface area contributed by atoms with Crippen LogP contribution < -0.4 is 4.72 Å². The van der Waals surface area contributed by atoms with Gasteiger partial charge in [-0.25, -0.2) is 13.1 Å². The molecule has 4 nitrogen and oxygen atoms in total. The molecule has 0 aromatic rings. The molecular formula is C9H21NO3S. The zero-order valence-corrected chi connectivity index (χ0v) is 10.0. The van der Waals surface area contributed by atoms with Gasteiger partial charge in [0.25, 0.3) is 0 Å². The van der Waals surface area contributed by atoms with Gasteiger partial charge in [0, 0.05) is 13.2 Å². The summed E-state index contributed by atoms with van der Waals surface area (Å²) in [6.07, 6.45) is 1.57. The highest BCUT2D eigenvalue weighted by atomic mass is 32.2. The lowest BCUT2D eigenvalue weighted by Crippen LogP contribution is -2.27. The molecule has 14 heavy (non-hydrogen) atoms. The molecule has 0 aromatic heterocycles. The second kappa shape index (κ2) is 5.68. The highest BCUT2D eigenvalue weighted by Gasteiger charge is 2.15. The summed E-state index contributed by atoms with van der Waals surface area (Å²) in [5.41, 5.74) is -0.113. The van der Waals surface area contributed by atoms with Crippen molar-refractivity contribution in [2.24, 2.45) is 5.41 Å². The van der Waals surface area contributed by atoms with E-state index in [1.807, 2.05) is 13.8 Å². The van der Waals surface area contributed by atoms with Crippen LogP contribution in [0.4, 0.5) is 0 Å². The van der Waals surface area contributed by atoms with Gasteiger partial charge in [-0.2, -0.15) is 0 Å². The number of rotatable bonds is 7. The standard InChI is InChI=1S/C9H21NO3S/c1-4-14(12,13)10-7-5-6-9(2,3)8-11/h10-11H,4-8H2,1-3H3. The summed E-state index contributed by atoms with van der Waals surface area (Å²) in [5, 5.41) is 8.96. The van der Waals surface area contributed by atoms with Gasteiger partial charge in [0.2, 0.25) is 10.0 Å². The van der Waals surface area contributed by atoms with Gasteiger partial charge in [-0.3, -0.25) is 0 Å². The molecule has 0 fully saturated rings. The van der Waals surface area contributed by atoms with E-state index in [1.54, 1.807) is 6.92 Å². The molecular weight excluding hydrogens is 202 g/mol. The molecule has 0 radical (unpaired) electrons. The van der Waals surface area contributed by atoms with Crippen molar-refractivity contribution in [1.29, 1.82) is 0 Å².